The van der Waals surface area contributed by atoms with E-state index in [4.69, 9.17) is 21.5 Å². The summed E-state index contributed by atoms with van der Waals surface area (Å²) in [6.45, 7) is -0.376. The second-order valence-corrected chi connectivity index (χ2v) is 8.49. The number of sulfonamides is 1. The van der Waals surface area contributed by atoms with E-state index in [0.717, 1.165) is 0 Å². The maximum Gasteiger partial charge on any atom is 0.281 e. The normalized spacial score (nSPS) is 11.2. The van der Waals surface area contributed by atoms with E-state index in [1.54, 1.807) is 6.07 Å². The minimum Gasteiger partial charge on any atom is -0.481 e. The van der Waals surface area contributed by atoms with Gasteiger partial charge in [0.1, 0.15) is 0 Å². The Labute approximate surface area is 164 Å². The number of halogens is 2. The number of benzene rings is 2. The molecule has 0 aliphatic carbocycles. The maximum absolute atomic E-state index is 13.9. The number of amides is 1. The molecule has 0 saturated heterocycles. The second-order valence-electron chi connectivity index (χ2n) is 5.12. The summed E-state index contributed by atoms with van der Waals surface area (Å²) in [5.74, 6) is -1.24. The van der Waals surface area contributed by atoms with Crippen LogP contribution in [0.3, 0.4) is 0 Å². The minimum atomic E-state index is -3.64. The van der Waals surface area contributed by atoms with Gasteiger partial charge in [0.2, 0.25) is 10.0 Å². The number of nitrogens with one attached hydrogen (secondary N) is 2. The summed E-state index contributed by atoms with van der Waals surface area (Å²) in [6.07, 6.45) is 0. The van der Waals surface area contributed by atoms with Crippen LogP contribution in [0.5, 0.6) is 5.75 Å². The second kappa shape index (κ2) is 9.90. The van der Waals surface area contributed by atoms with Crippen molar-refractivity contribution in [2.24, 2.45) is 0 Å². The molecule has 0 saturated carbocycles. The summed E-state index contributed by atoms with van der Waals surface area (Å²) in [4.78, 5) is 11.5. The highest BCUT2D eigenvalue weighted by atomic mass is 35.5. The number of hydrogen-bond donors (Lipinski definition) is 3. The van der Waals surface area contributed by atoms with Crippen LogP contribution in [0.2, 0.25) is 5.02 Å². The van der Waals surface area contributed by atoms with Gasteiger partial charge in [-0.3, -0.25) is 10.0 Å². The Hall–Kier alpha value is -1.85. The van der Waals surface area contributed by atoms with Crippen LogP contribution in [-0.2, 0) is 14.8 Å². The first-order valence-corrected chi connectivity index (χ1v) is 10.4. The fourth-order valence-electron chi connectivity index (χ4n) is 1.91. The molecule has 0 aliphatic rings. The molecule has 146 valence electrons. The Kier molecular flexibility index (Phi) is 7.87. The van der Waals surface area contributed by atoms with Crippen molar-refractivity contribution in [2.75, 3.05) is 18.9 Å². The van der Waals surface area contributed by atoms with Crippen LogP contribution < -0.4 is 14.9 Å². The summed E-state index contributed by atoms with van der Waals surface area (Å²) in [5.41, 5.74) is 1.37. The molecule has 0 aromatic heterocycles. The van der Waals surface area contributed by atoms with E-state index in [-0.39, 0.29) is 17.2 Å². The van der Waals surface area contributed by atoms with E-state index in [2.05, 4.69) is 4.72 Å². The van der Waals surface area contributed by atoms with E-state index in [0.29, 0.717) is 15.7 Å². The average molecular weight is 435 g/mol. The predicted octanol–water partition coefficient (Wildman–Crippen LogP) is 2.43. The largest absolute Gasteiger partial charge is 0.481 e. The first-order valence-electron chi connectivity index (χ1n) is 7.55. The number of hydroxylamine groups is 1. The van der Waals surface area contributed by atoms with Crippen molar-refractivity contribution in [1.29, 1.82) is 0 Å². The van der Waals surface area contributed by atoms with Crippen molar-refractivity contribution in [3.05, 3.63) is 53.3 Å². The van der Waals surface area contributed by atoms with Crippen molar-refractivity contribution in [3.8, 4) is 5.75 Å². The Morgan fingerprint density at radius 1 is 1.22 bits per heavy atom. The molecule has 0 atom stereocenters. The first-order chi connectivity index (χ1) is 12.8. The van der Waals surface area contributed by atoms with Crippen LogP contribution in [0.1, 0.15) is 0 Å². The zero-order chi connectivity index (χ0) is 19.9. The summed E-state index contributed by atoms with van der Waals surface area (Å²) in [7, 11) is -3.64. The number of hydrogen-bond acceptors (Lipinski definition) is 6. The van der Waals surface area contributed by atoms with Gasteiger partial charge in [0.05, 0.1) is 4.90 Å². The zero-order valence-corrected chi connectivity index (χ0v) is 16.2. The standard InChI is InChI=1S/C16H16ClFN2O5S2/c17-11-1-4-13(5-2-11)27(23,24)19-7-8-26-12-3-6-15(14(18)9-12)25-10-16(21)20-22/h1-6,9,19,22H,7-8,10H2,(H,20,21). The van der Waals surface area contributed by atoms with Crippen LogP contribution >= 0.6 is 23.4 Å². The van der Waals surface area contributed by atoms with Gasteiger partial charge in [0.25, 0.3) is 5.91 Å². The third-order valence-electron chi connectivity index (χ3n) is 3.17. The van der Waals surface area contributed by atoms with Gasteiger partial charge in [-0.05, 0) is 42.5 Å². The molecule has 0 bridgehead atoms. The third-order valence-corrected chi connectivity index (χ3v) is 5.90. The van der Waals surface area contributed by atoms with Crippen LogP contribution in [0.25, 0.3) is 0 Å². The van der Waals surface area contributed by atoms with Gasteiger partial charge in [-0.1, -0.05) is 11.6 Å². The molecular formula is C16H16ClFN2O5S2. The monoisotopic (exact) mass is 434 g/mol. The van der Waals surface area contributed by atoms with E-state index >= 15 is 0 Å². The molecule has 2 rings (SSSR count). The van der Waals surface area contributed by atoms with E-state index in [9.17, 15) is 17.6 Å². The van der Waals surface area contributed by atoms with Gasteiger partial charge >= 0.3 is 0 Å². The van der Waals surface area contributed by atoms with E-state index in [1.807, 2.05) is 0 Å². The number of rotatable bonds is 9. The molecule has 0 heterocycles. The lowest BCUT2D eigenvalue weighted by atomic mass is 10.3. The molecule has 0 fully saturated rings. The first kappa shape index (κ1) is 21.5. The number of ether oxygens (including phenoxy) is 1. The molecule has 0 radical (unpaired) electrons. The van der Waals surface area contributed by atoms with Crippen molar-refractivity contribution >= 4 is 39.3 Å². The topological polar surface area (TPSA) is 105 Å². The molecule has 0 aliphatic heterocycles. The Morgan fingerprint density at radius 3 is 2.56 bits per heavy atom. The number of carbonyl (C=O) groups excluding carboxylic acids is 1. The molecule has 1 amide bonds. The van der Waals surface area contributed by atoms with Gasteiger partial charge in [0.15, 0.2) is 18.2 Å². The molecule has 3 N–H and O–H groups in total. The maximum atomic E-state index is 13.9. The Balaban J connectivity index is 1.83. The van der Waals surface area contributed by atoms with Gasteiger partial charge in [-0.15, -0.1) is 11.8 Å². The molecule has 2 aromatic carbocycles. The Morgan fingerprint density at radius 2 is 1.93 bits per heavy atom. The molecular weight excluding hydrogens is 419 g/mol. The number of thioether (sulfide) groups is 1. The summed E-state index contributed by atoms with van der Waals surface area (Å²) in [5, 5.41) is 8.80. The fourth-order valence-corrected chi connectivity index (χ4v) is 3.98. The summed E-state index contributed by atoms with van der Waals surface area (Å²) < 4.78 is 45.5. The zero-order valence-electron chi connectivity index (χ0n) is 13.8. The van der Waals surface area contributed by atoms with Gasteiger partial charge in [-0.2, -0.15) is 0 Å². The van der Waals surface area contributed by atoms with Gasteiger partial charge < -0.3 is 4.74 Å². The van der Waals surface area contributed by atoms with Crippen LogP contribution in [-0.4, -0.2) is 38.4 Å². The fraction of sp³-hybridized carbons (Fsp3) is 0.188. The van der Waals surface area contributed by atoms with Crippen LogP contribution in [0.15, 0.2) is 52.3 Å². The van der Waals surface area contributed by atoms with Crippen LogP contribution in [0.4, 0.5) is 4.39 Å². The summed E-state index contributed by atoms with van der Waals surface area (Å²) in [6, 6.07) is 9.92. The van der Waals surface area contributed by atoms with E-state index in [1.165, 1.54) is 53.6 Å². The molecule has 0 unspecified atom stereocenters. The molecule has 7 nitrogen and oxygen atoms in total. The highest BCUT2D eigenvalue weighted by Crippen LogP contribution is 2.25. The molecule has 11 heteroatoms. The lowest BCUT2D eigenvalue weighted by Crippen LogP contribution is -2.26. The smallest absolute Gasteiger partial charge is 0.281 e. The minimum absolute atomic E-state index is 0.108. The lowest BCUT2D eigenvalue weighted by molar-refractivity contribution is -0.131. The molecule has 2 aromatic rings. The highest BCUT2D eigenvalue weighted by molar-refractivity contribution is 7.99. The third kappa shape index (κ3) is 6.67. The summed E-state index contributed by atoms with van der Waals surface area (Å²) >= 11 is 6.98. The van der Waals surface area contributed by atoms with E-state index < -0.39 is 28.4 Å². The van der Waals surface area contributed by atoms with Crippen molar-refractivity contribution < 1.29 is 27.5 Å². The average Bonchev–Trinajstić information content (AvgIpc) is 2.64. The lowest BCUT2D eigenvalue weighted by Gasteiger charge is -2.09. The van der Waals surface area contributed by atoms with Crippen molar-refractivity contribution in [3.63, 3.8) is 0 Å². The van der Waals surface area contributed by atoms with Crippen molar-refractivity contribution in [1.82, 2.24) is 10.2 Å². The quantitative estimate of drug-likeness (QED) is 0.242. The predicted molar refractivity (Wildman–Crippen MR) is 99.2 cm³/mol. The Bertz CT molecular complexity index is 894. The van der Waals surface area contributed by atoms with Crippen molar-refractivity contribution in [2.45, 2.75) is 9.79 Å². The molecule has 0 spiro atoms. The highest BCUT2D eigenvalue weighted by Gasteiger charge is 2.13. The number of carbonyl (C=O) groups is 1. The van der Waals surface area contributed by atoms with Gasteiger partial charge in [0, 0.05) is 22.2 Å². The van der Waals surface area contributed by atoms with Gasteiger partial charge in [-0.25, -0.2) is 23.0 Å². The SMILES string of the molecule is O=C(COc1ccc(SCCNS(=O)(=O)c2ccc(Cl)cc2)cc1F)NO. The molecule has 27 heavy (non-hydrogen) atoms. The van der Waals surface area contributed by atoms with Crippen LogP contribution in [0, 0.1) is 5.82 Å².